The van der Waals surface area contributed by atoms with Gasteiger partial charge < -0.3 is 14.8 Å². The van der Waals surface area contributed by atoms with Crippen LogP contribution in [0.5, 0.6) is 0 Å². The molecule has 1 N–H and O–H groups in total. The van der Waals surface area contributed by atoms with Gasteiger partial charge in [-0.25, -0.2) is 0 Å². The van der Waals surface area contributed by atoms with E-state index in [1.807, 2.05) is 24.3 Å². The number of aromatic nitrogens is 1. The quantitative estimate of drug-likeness (QED) is 0.490. The molecule has 142 valence electrons. The second-order valence-corrected chi connectivity index (χ2v) is 7.60. The van der Waals surface area contributed by atoms with Crippen LogP contribution in [0.2, 0.25) is 5.02 Å². The van der Waals surface area contributed by atoms with E-state index < -0.39 is 0 Å². The first-order chi connectivity index (χ1) is 13.0. The number of fused-ring (bicyclic) bond motifs is 1. The van der Waals surface area contributed by atoms with Crippen molar-refractivity contribution in [1.82, 2.24) is 9.47 Å². The number of nitrogens with one attached hydrogen (secondary N) is 1. The van der Waals surface area contributed by atoms with Crippen molar-refractivity contribution < 1.29 is 0 Å². The van der Waals surface area contributed by atoms with Crippen LogP contribution in [0.25, 0.3) is 10.9 Å². The highest BCUT2D eigenvalue weighted by Gasteiger charge is 2.19. The number of halogens is 1. The number of nitrogens with zero attached hydrogens (tertiary/aromatic N) is 2. The monoisotopic (exact) mass is 399 g/mol. The maximum Gasteiger partial charge on any atom is 0.173 e. The Balaban J connectivity index is 1.87. The van der Waals surface area contributed by atoms with E-state index in [0.29, 0.717) is 6.04 Å². The van der Waals surface area contributed by atoms with E-state index in [4.69, 9.17) is 23.8 Å². The fraction of sp³-hybridized carbons (Fsp3) is 0.318. The minimum atomic E-state index is 0.334. The van der Waals surface area contributed by atoms with Crippen molar-refractivity contribution in [3.63, 3.8) is 0 Å². The van der Waals surface area contributed by atoms with Crippen molar-refractivity contribution in [2.75, 3.05) is 5.32 Å². The average Bonchev–Trinajstić information content (AvgIpc) is 3.05. The van der Waals surface area contributed by atoms with E-state index >= 15 is 0 Å². The molecule has 1 unspecified atom stereocenters. The summed E-state index contributed by atoms with van der Waals surface area (Å²) in [4.78, 5) is 2.27. The van der Waals surface area contributed by atoms with Gasteiger partial charge in [-0.3, -0.25) is 0 Å². The Hall–Kier alpha value is -2.04. The Morgan fingerprint density at radius 2 is 1.85 bits per heavy atom. The number of anilines is 1. The molecular weight excluding hydrogens is 374 g/mol. The number of aryl methyl sites for hydroxylation is 1. The van der Waals surface area contributed by atoms with Crippen molar-refractivity contribution in [2.45, 2.75) is 46.3 Å². The van der Waals surface area contributed by atoms with Crippen molar-refractivity contribution in [1.29, 1.82) is 0 Å². The fourth-order valence-corrected chi connectivity index (χ4v) is 3.76. The third-order valence-electron chi connectivity index (χ3n) is 5.03. The Kier molecular flexibility index (Phi) is 6.40. The highest BCUT2D eigenvalue weighted by Crippen LogP contribution is 2.24. The van der Waals surface area contributed by atoms with Gasteiger partial charge in [-0.1, -0.05) is 36.7 Å². The molecule has 27 heavy (non-hydrogen) atoms. The van der Waals surface area contributed by atoms with E-state index in [2.05, 4.69) is 66.0 Å². The molecule has 0 fully saturated rings. The van der Waals surface area contributed by atoms with E-state index in [-0.39, 0.29) is 0 Å². The van der Waals surface area contributed by atoms with Gasteiger partial charge in [-0.05, 0) is 68.4 Å². The molecule has 0 aliphatic carbocycles. The molecule has 5 heteroatoms. The van der Waals surface area contributed by atoms with Gasteiger partial charge in [0.15, 0.2) is 5.11 Å². The summed E-state index contributed by atoms with van der Waals surface area (Å²) >= 11 is 11.8. The van der Waals surface area contributed by atoms with Crippen molar-refractivity contribution in [3.8, 4) is 0 Å². The molecule has 1 atom stereocenters. The van der Waals surface area contributed by atoms with Crippen LogP contribution in [-0.4, -0.2) is 20.6 Å². The van der Waals surface area contributed by atoms with E-state index in [1.54, 1.807) is 0 Å². The van der Waals surface area contributed by atoms with Crippen LogP contribution in [0, 0.1) is 0 Å². The van der Waals surface area contributed by atoms with Gasteiger partial charge in [-0.15, -0.1) is 0 Å². The molecule has 3 rings (SSSR count). The molecule has 3 nitrogen and oxygen atoms in total. The Morgan fingerprint density at radius 3 is 2.52 bits per heavy atom. The first-order valence-corrected chi connectivity index (χ1v) is 10.2. The number of benzene rings is 2. The highest BCUT2D eigenvalue weighted by atomic mass is 35.5. The average molecular weight is 400 g/mol. The molecule has 3 aromatic rings. The number of rotatable bonds is 6. The lowest BCUT2D eigenvalue weighted by molar-refractivity contribution is 0.320. The molecule has 0 aliphatic rings. The maximum atomic E-state index is 5.99. The van der Waals surface area contributed by atoms with Gasteiger partial charge in [0.2, 0.25) is 0 Å². The van der Waals surface area contributed by atoms with Crippen LogP contribution in [0.1, 0.15) is 32.8 Å². The summed E-state index contributed by atoms with van der Waals surface area (Å²) in [5.41, 5.74) is 3.53. The molecule has 0 radical (unpaired) electrons. The SMILES string of the molecule is CCC(C)N(Cc1cn(CC)c2ccccc12)C(=S)Nc1ccc(Cl)cc1. The fourth-order valence-electron chi connectivity index (χ4n) is 3.27. The Bertz CT molecular complexity index is 917. The molecule has 0 saturated carbocycles. The standard InChI is InChI=1S/C22H26ClN3S/c1-4-16(3)26(22(27)24-19-12-10-18(23)11-13-19)15-17-14-25(5-2)21-9-7-6-8-20(17)21/h6-14,16H,4-5,15H2,1-3H3,(H,24,27). The minimum absolute atomic E-state index is 0.334. The van der Waals surface area contributed by atoms with Gasteiger partial charge in [0.1, 0.15) is 0 Å². The number of hydrogen-bond donors (Lipinski definition) is 1. The summed E-state index contributed by atoms with van der Waals surface area (Å²) < 4.78 is 2.30. The van der Waals surface area contributed by atoms with Gasteiger partial charge >= 0.3 is 0 Å². The van der Waals surface area contributed by atoms with Gasteiger partial charge in [0, 0.05) is 46.9 Å². The summed E-state index contributed by atoms with van der Waals surface area (Å²) in [6.45, 7) is 8.32. The van der Waals surface area contributed by atoms with E-state index in [9.17, 15) is 0 Å². The zero-order chi connectivity index (χ0) is 19.4. The van der Waals surface area contributed by atoms with Crippen LogP contribution in [0.4, 0.5) is 5.69 Å². The van der Waals surface area contributed by atoms with Crippen LogP contribution in [0.15, 0.2) is 54.7 Å². The summed E-state index contributed by atoms with van der Waals surface area (Å²) in [6, 6.07) is 16.5. The second kappa shape index (κ2) is 8.77. The first-order valence-electron chi connectivity index (χ1n) is 9.43. The van der Waals surface area contributed by atoms with Gasteiger partial charge in [0.25, 0.3) is 0 Å². The lowest BCUT2D eigenvalue weighted by atomic mass is 10.1. The largest absolute Gasteiger partial charge is 0.347 e. The van der Waals surface area contributed by atoms with Crippen molar-refractivity contribution in [3.05, 3.63) is 65.3 Å². The minimum Gasteiger partial charge on any atom is -0.347 e. The van der Waals surface area contributed by atoms with Gasteiger partial charge in [0.05, 0.1) is 0 Å². The maximum absolute atomic E-state index is 5.99. The summed E-state index contributed by atoms with van der Waals surface area (Å²) in [5.74, 6) is 0. The zero-order valence-corrected chi connectivity index (χ0v) is 17.6. The number of para-hydroxylation sites is 1. The van der Waals surface area contributed by atoms with E-state index in [1.165, 1.54) is 16.5 Å². The van der Waals surface area contributed by atoms with Crippen LogP contribution >= 0.6 is 23.8 Å². The Morgan fingerprint density at radius 1 is 1.15 bits per heavy atom. The molecule has 1 heterocycles. The van der Waals surface area contributed by atoms with Crippen LogP contribution < -0.4 is 5.32 Å². The topological polar surface area (TPSA) is 20.2 Å². The number of hydrogen-bond acceptors (Lipinski definition) is 1. The summed E-state index contributed by atoms with van der Waals surface area (Å²) in [7, 11) is 0. The van der Waals surface area contributed by atoms with Crippen molar-refractivity contribution >= 4 is 45.5 Å². The van der Waals surface area contributed by atoms with Crippen LogP contribution in [-0.2, 0) is 13.1 Å². The molecule has 0 bridgehead atoms. The lowest BCUT2D eigenvalue weighted by Crippen LogP contribution is -2.40. The molecule has 0 amide bonds. The normalized spacial score (nSPS) is 12.1. The van der Waals surface area contributed by atoms with Crippen molar-refractivity contribution in [2.24, 2.45) is 0 Å². The predicted molar refractivity (Wildman–Crippen MR) is 121 cm³/mol. The predicted octanol–water partition coefficient (Wildman–Crippen LogP) is 6.31. The number of thiocarbonyl (C=S) groups is 1. The lowest BCUT2D eigenvalue weighted by Gasteiger charge is -2.31. The van der Waals surface area contributed by atoms with E-state index in [0.717, 1.165) is 35.3 Å². The third kappa shape index (κ3) is 4.45. The first kappa shape index (κ1) is 19.7. The molecule has 1 aromatic heterocycles. The third-order valence-corrected chi connectivity index (χ3v) is 5.62. The van der Waals surface area contributed by atoms with Gasteiger partial charge in [-0.2, -0.15) is 0 Å². The summed E-state index contributed by atoms with van der Waals surface area (Å²) in [6.07, 6.45) is 3.28. The highest BCUT2D eigenvalue weighted by molar-refractivity contribution is 7.80. The summed E-state index contributed by atoms with van der Waals surface area (Å²) in [5, 5.41) is 6.12. The van der Waals surface area contributed by atoms with Crippen LogP contribution in [0.3, 0.4) is 0 Å². The molecule has 0 spiro atoms. The molecule has 0 saturated heterocycles. The molecule has 0 aliphatic heterocycles. The smallest absolute Gasteiger partial charge is 0.173 e. The Labute approximate surface area is 171 Å². The second-order valence-electron chi connectivity index (χ2n) is 6.78. The zero-order valence-electron chi connectivity index (χ0n) is 16.1. The molecular formula is C22H26ClN3S. The molecule has 2 aromatic carbocycles.